The maximum atomic E-state index is 13.1. The van der Waals surface area contributed by atoms with E-state index in [4.69, 9.17) is 0 Å². The van der Waals surface area contributed by atoms with Crippen LogP contribution in [-0.2, 0) is 5.41 Å². The normalized spacial score (nSPS) is 17.1. The van der Waals surface area contributed by atoms with E-state index < -0.39 is 0 Å². The largest absolute Gasteiger partial charge is 0.207 e. The van der Waals surface area contributed by atoms with Crippen molar-refractivity contribution in [1.29, 1.82) is 0 Å². The number of hydrogen-bond donors (Lipinski definition) is 0. The van der Waals surface area contributed by atoms with Crippen molar-refractivity contribution in [3.05, 3.63) is 35.6 Å². The molecule has 0 radical (unpaired) electrons. The number of halogens is 1. The van der Waals surface area contributed by atoms with Crippen molar-refractivity contribution < 1.29 is 4.39 Å². The molecule has 0 bridgehead atoms. The standard InChI is InChI=1S/C10H13F.C10H20/c1-10(2,3)8-6-4-5-7-9(8)11;1-10(2,3)9-7-5-4-6-8-9/h4-7H,1-3H3;9H,4-8H2,1-3H3. The van der Waals surface area contributed by atoms with Gasteiger partial charge in [-0.15, -0.1) is 0 Å². The topological polar surface area (TPSA) is 0 Å². The Kier molecular flexibility index (Phi) is 6.43. The Morgan fingerprint density at radius 3 is 1.71 bits per heavy atom. The van der Waals surface area contributed by atoms with Crippen LogP contribution in [0.3, 0.4) is 0 Å². The van der Waals surface area contributed by atoms with E-state index in [2.05, 4.69) is 20.8 Å². The highest BCUT2D eigenvalue weighted by Crippen LogP contribution is 2.37. The van der Waals surface area contributed by atoms with Crippen LogP contribution in [0.4, 0.5) is 4.39 Å². The zero-order valence-electron chi connectivity index (χ0n) is 14.8. The first kappa shape index (κ1) is 18.2. The molecule has 1 aromatic rings. The molecule has 1 heteroatoms. The smallest absolute Gasteiger partial charge is 0.126 e. The summed E-state index contributed by atoms with van der Waals surface area (Å²) >= 11 is 0. The monoisotopic (exact) mass is 292 g/mol. The molecule has 0 nitrogen and oxygen atoms in total. The molecule has 1 aliphatic rings. The van der Waals surface area contributed by atoms with Crippen molar-refractivity contribution in [2.75, 3.05) is 0 Å². The van der Waals surface area contributed by atoms with E-state index >= 15 is 0 Å². The fraction of sp³-hybridized carbons (Fsp3) is 0.700. The highest BCUT2D eigenvalue weighted by molar-refractivity contribution is 5.24. The molecule has 21 heavy (non-hydrogen) atoms. The molecule has 1 fully saturated rings. The zero-order valence-corrected chi connectivity index (χ0v) is 14.8. The van der Waals surface area contributed by atoms with Crippen molar-refractivity contribution in [2.45, 2.75) is 79.1 Å². The maximum Gasteiger partial charge on any atom is 0.126 e. The quantitative estimate of drug-likeness (QED) is 0.497. The van der Waals surface area contributed by atoms with Gasteiger partial charge >= 0.3 is 0 Å². The lowest BCUT2D eigenvalue weighted by Gasteiger charge is -2.33. The van der Waals surface area contributed by atoms with E-state index in [0.717, 1.165) is 11.5 Å². The van der Waals surface area contributed by atoms with Gasteiger partial charge in [-0.25, -0.2) is 4.39 Å². The van der Waals surface area contributed by atoms with E-state index in [1.54, 1.807) is 6.07 Å². The minimum absolute atomic E-state index is 0.0919. The number of hydrogen-bond acceptors (Lipinski definition) is 0. The first-order chi connectivity index (χ1) is 9.62. The molecule has 1 aromatic carbocycles. The van der Waals surface area contributed by atoms with Crippen LogP contribution in [0.15, 0.2) is 24.3 Å². The summed E-state index contributed by atoms with van der Waals surface area (Å²) in [7, 11) is 0. The summed E-state index contributed by atoms with van der Waals surface area (Å²) in [5.74, 6) is 0.890. The van der Waals surface area contributed by atoms with Crippen molar-refractivity contribution in [1.82, 2.24) is 0 Å². The van der Waals surface area contributed by atoms with Gasteiger partial charge in [0.05, 0.1) is 0 Å². The van der Waals surface area contributed by atoms with Gasteiger partial charge in [-0.05, 0) is 41.2 Å². The molecular formula is C20H33F. The predicted octanol–water partition coefficient (Wildman–Crippen LogP) is 6.74. The molecule has 0 unspecified atom stereocenters. The molecular weight excluding hydrogens is 259 g/mol. The van der Waals surface area contributed by atoms with E-state index in [1.807, 2.05) is 32.9 Å². The van der Waals surface area contributed by atoms with Crippen LogP contribution in [0.5, 0.6) is 0 Å². The Balaban J connectivity index is 0.000000211. The van der Waals surface area contributed by atoms with Gasteiger partial charge in [0.2, 0.25) is 0 Å². The van der Waals surface area contributed by atoms with Gasteiger partial charge < -0.3 is 0 Å². The minimum atomic E-state index is -0.111. The molecule has 0 heterocycles. The lowest BCUT2D eigenvalue weighted by molar-refractivity contribution is 0.180. The Hall–Kier alpha value is -0.850. The van der Waals surface area contributed by atoms with Crippen molar-refractivity contribution >= 4 is 0 Å². The molecule has 0 amide bonds. The first-order valence-electron chi connectivity index (χ1n) is 8.37. The predicted molar refractivity (Wildman–Crippen MR) is 91.1 cm³/mol. The fourth-order valence-corrected chi connectivity index (χ4v) is 3.04. The van der Waals surface area contributed by atoms with Crippen LogP contribution in [0.2, 0.25) is 0 Å². The zero-order chi connectivity index (χ0) is 16.1. The SMILES string of the molecule is CC(C)(C)C1CCCCC1.CC(C)(C)c1ccccc1F. The molecule has 2 rings (SSSR count). The van der Waals surface area contributed by atoms with Crippen molar-refractivity contribution in [2.24, 2.45) is 11.3 Å². The second-order valence-electron chi connectivity index (χ2n) is 8.43. The van der Waals surface area contributed by atoms with Gasteiger partial charge in [-0.1, -0.05) is 79.0 Å². The Bertz CT molecular complexity index is 414. The first-order valence-corrected chi connectivity index (χ1v) is 8.37. The molecule has 0 N–H and O–H groups in total. The van der Waals surface area contributed by atoms with Gasteiger partial charge in [-0.3, -0.25) is 0 Å². The highest BCUT2D eigenvalue weighted by Gasteiger charge is 2.25. The highest BCUT2D eigenvalue weighted by atomic mass is 19.1. The van der Waals surface area contributed by atoms with Crippen LogP contribution in [0.25, 0.3) is 0 Å². The van der Waals surface area contributed by atoms with Gasteiger partial charge in [0.1, 0.15) is 5.82 Å². The van der Waals surface area contributed by atoms with Crippen LogP contribution >= 0.6 is 0 Å². The second kappa shape index (κ2) is 7.42. The average molecular weight is 292 g/mol. The summed E-state index contributed by atoms with van der Waals surface area (Å²) in [4.78, 5) is 0. The number of benzene rings is 1. The fourth-order valence-electron chi connectivity index (χ4n) is 3.04. The van der Waals surface area contributed by atoms with Crippen LogP contribution < -0.4 is 0 Å². The second-order valence-corrected chi connectivity index (χ2v) is 8.43. The molecule has 120 valence electrons. The summed E-state index contributed by atoms with van der Waals surface area (Å²) < 4.78 is 13.1. The number of rotatable bonds is 0. The Morgan fingerprint density at radius 2 is 1.38 bits per heavy atom. The summed E-state index contributed by atoms with van der Waals surface area (Å²) in [5.41, 5.74) is 1.26. The van der Waals surface area contributed by atoms with E-state index in [9.17, 15) is 4.39 Å². The van der Waals surface area contributed by atoms with Gasteiger partial charge in [-0.2, -0.15) is 0 Å². The molecule has 0 saturated heterocycles. The van der Waals surface area contributed by atoms with Gasteiger partial charge in [0.15, 0.2) is 0 Å². The van der Waals surface area contributed by atoms with Gasteiger partial charge in [0, 0.05) is 0 Å². The lowest BCUT2D eigenvalue weighted by Crippen LogP contribution is -2.22. The van der Waals surface area contributed by atoms with Crippen LogP contribution in [0, 0.1) is 17.2 Å². The summed E-state index contributed by atoms with van der Waals surface area (Å²) in [6.45, 7) is 13.2. The Morgan fingerprint density at radius 1 is 0.857 bits per heavy atom. The van der Waals surface area contributed by atoms with Crippen LogP contribution in [-0.4, -0.2) is 0 Å². The molecule has 0 aromatic heterocycles. The minimum Gasteiger partial charge on any atom is -0.207 e. The van der Waals surface area contributed by atoms with Crippen molar-refractivity contribution in [3.8, 4) is 0 Å². The van der Waals surface area contributed by atoms with Gasteiger partial charge in [0.25, 0.3) is 0 Å². The molecule has 1 aliphatic carbocycles. The third kappa shape index (κ3) is 6.20. The molecule has 0 spiro atoms. The van der Waals surface area contributed by atoms with E-state index in [0.29, 0.717) is 5.41 Å². The molecule has 0 aliphatic heterocycles. The third-order valence-electron chi connectivity index (χ3n) is 4.51. The lowest BCUT2D eigenvalue weighted by atomic mass is 9.72. The maximum absolute atomic E-state index is 13.1. The molecule has 0 atom stereocenters. The van der Waals surface area contributed by atoms with Crippen molar-refractivity contribution in [3.63, 3.8) is 0 Å². The molecule has 1 saturated carbocycles. The summed E-state index contributed by atoms with van der Waals surface area (Å²) in [6, 6.07) is 6.91. The average Bonchev–Trinajstić information content (AvgIpc) is 2.39. The summed E-state index contributed by atoms with van der Waals surface area (Å²) in [5, 5.41) is 0. The van der Waals surface area contributed by atoms with Crippen LogP contribution in [0.1, 0.15) is 79.2 Å². The summed E-state index contributed by atoms with van der Waals surface area (Å²) in [6.07, 6.45) is 7.38. The van der Waals surface area contributed by atoms with E-state index in [1.165, 1.54) is 38.2 Å². The third-order valence-corrected chi connectivity index (χ3v) is 4.51. The van der Waals surface area contributed by atoms with E-state index in [-0.39, 0.29) is 11.2 Å². The Labute approximate surface area is 131 Å².